The Labute approximate surface area is 132 Å². The van der Waals surface area contributed by atoms with Crippen LogP contribution in [0.2, 0.25) is 0 Å². The predicted octanol–water partition coefficient (Wildman–Crippen LogP) is 2.53. The molecule has 0 unspecified atom stereocenters. The topological polar surface area (TPSA) is 35.1 Å². The van der Waals surface area contributed by atoms with E-state index in [2.05, 4.69) is 42.4 Å². The molecule has 114 valence electrons. The second kappa shape index (κ2) is 8.11. The third-order valence-electron chi connectivity index (χ3n) is 3.57. The fourth-order valence-corrected chi connectivity index (χ4v) is 2.28. The minimum atomic E-state index is 0.243. The summed E-state index contributed by atoms with van der Waals surface area (Å²) in [4.78, 5) is 0. The molecule has 3 nitrogen and oxygen atoms in total. The zero-order valence-corrected chi connectivity index (χ0v) is 13.1. The Bertz CT molecular complexity index is 632. The highest BCUT2D eigenvalue weighted by atomic mass is 16.5. The molecular formula is C19H22NO2+. The summed E-state index contributed by atoms with van der Waals surface area (Å²) in [5.74, 6) is 3.85. The van der Waals surface area contributed by atoms with Gasteiger partial charge in [-0.25, -0.2) is 0 Å². The number of benzene rings is 2. The summed E-state index contributed by atoms with van der Waals surface area (Å²) in [6.07, 6.45) is 5.21. The quantitative estimate of drug-likeness (QED) is 0.797. The highest BCUT2D eigenvalue weighted by Gasteiger charge is 2.10. The van der Waals surface area contributed by atoms with Crippen molar-refractivity contribution in [3.8, 4) is 23.8 Å². The first kappa shape index (κ1) is 15.9. The van der Waals surface area contributed by atoms with Crippen LogP contribution in [0.4, 0.5) is 0 Å². The number of nitrogens with two attached hydrogens (primary N) is 1. The van der Waals surface area contributed by atoms with Crippen LogP contribution in [0.1, 0.15) is 24.1 Å². The second-order valence-electron chi connectivity index (χ2n) is 5.12. The van der Waals surface area contributed by atoms with Crippen molar-refractivity contribution in [3.05, 3.63) is 59.7 Å². The van der Waals surface area contributed by atoms with Gasteiger partial charge in [-0.05, 0) is 25.1 Å². The van der Waals surface area contributed by atoms with Gasteiger partial charge in [0.1, 0.15) is 19.2 Å². The van der Waals surface area contributed by atoms with E-state index in [0.717, 1.165) is 6.54 Å². The van der Waals surface area contributed by atoms with Gasteiger partial charge in [0.05, 0.1) is 7.11 Å². The number of terminal acetylenes is 1. The molecule has 0 fully saturated rings. The highest BCUT2D eigenvalue weighted by molar-refractivity contribution is 5.42. The number of hydrogen-bond donors (Lipinski definition) is 1. The van der Waals surface area contributed by atoms with Crippen molar-refractivity contribution in [2.45, 2.75) is 19.5 Å². The average molecular weight is 296 g/mol. The third kappa shape index (κ3) is 4.28. The highest BCUT2D eigenvalue weighted by Crippen LogP contribution is 2.27. The Morgan fingerprint density at radius 1 is 1.14 bits per heavy atom. The molecule has 2 N–H and O–H groups in total. The molecule has 0 radical (unpaired) electrons. The maximum Gasteiger partial charge on any atom is 0.162 e. The number of rotatable bonds is 7. The lowest BCUT2D eigenvalue weighted by Gasteiger charge is -2.13. The predicted molar refractivity (Wildman–Crippen MR) is 87.8 cm³/mol. The fourth-order valence-electron chi connectivity index (χ4n) is 2.28. The van der Waals surface area contributed by atoms with Crippen molar-refractivity contribution in [1.82, 2.24) is 0 Å². The summed E-state index contributed by atoms with van der Waals surface area (Å²) < 4.78 is 10.8. The van der Waals surface area contributed by atoms with Gasteiger partial charge in [-0.15, -0.1) is 6.42 Å². The zero-order valence-electron chi connectivity index (χ0n) is 13.1. The maximum atomic E-state index is 5.46. The summed E-state index contributed by atoms with van der Waals surface area (Å²) in [6, 6.07) is 16.8. The molecule has 0 saturated heterocycles. The molecular weight excluding hydrogens is 274 g/mol. The summed E-state index contributed by atoms with van der Waals surface area (Å²) in [6.45, 7) is 3.33. The number of methoxy groups -OCH3 is 1. The summed E-state index contributed by atoms with van der Waals surface area (Å²) in [7, 11) is 1.64. The van der Waals surface area contributed by atoms with Gasteiger partial charge in [0.25, 0.3) is 0 Å². The summed E-state index contributed by atoms with van der Waals surface area (Å²) in [5.41, 5.74) is 2.51. The normalized spacial score (nSPS) is 11.5. The number of ether oxygens (including phenoxy) is 2. The van der Waals surface area contributed by atoms with Gasteiger partial charge in [-0.2, -0.15) is 0 Å². The monoisotopic (exact) mass is 296 g/mol. The smallest absolute Gasteiger partial charge is 0.162 e. The van der Waals surface area contributed by atoms with E-state index in [1.165, 1.54) is 11.1 Å². The molecule has 0 aromatic heterocycles. The Hall–Kier alpha value is -2.44. The van der Waals surface area contributed by atoms with E-state index in [1.54, 1.807) is 7.11 Å². The molecule has 22 heavy (non-hydrogen) atoms. The number of quaternary nitrogens is 1. The van der Waals surface area contributed by atoms with E-state index >= 15 is 0 Å². The molecule has 0 spiro atoms. The Morgan fingerprint density at radius 3 is 2.59 bits per heavy atom. The van der Waals surface area contributed by atoms with Crippen LogP contribution in [-0.2, 0) is 6.54 Å². The van der Waals surface area contributed by atoms with E-state index < -0.39 is 0 Å². The molecule has 0 amide bonds. The zero-order chi connectivity index (χ0) is 15.8. The van der Waals surface area contributed by atoms with Gasteiger partial charge in [-0.1, -0.05) is 36.3 Å². The van der Waals surface area contributed by atoms with E-state index in [-0.39, 0.29) is 6.61 Å². The first-order valence-electron chi connectivity index (χ1n) is 7.36. The molecule has 0 aliphatic rings. The SMILES string of the molecule is C#CCOc1ccc(C[NH2+][C@H](C)c2ccccc2)cc1OC. The van der Waals surface area contributed by atoms with Crippen LogP contribution in [0.15, 0.2) is 48.5 Å². The van der Waals surface area contributed by atoms with E-state index in [0.29, 0.717) is 17.5 Å². The molecule has 1 atom stereocenters. The van der Waals surface area contributed by atoms with Crippen LogP contribution in [-0.4, -0.2) is 13.7 Å². The van der Waals surface area contributed by atoms with Gasteiger partial charge < -0.3 is 14.8 Å². The van der Waals surface area contributed by atoms with Crippen LogP contribution >= 0.6 is 0 Å². The molecule has 2 aromatic carbocycles. The number of hydrogen-bond acceptors (Lipinski definition) is 2. The van der Waals surface area contributed by atoms with Crippen molar-refractivity contribution in [3.63, 3.8) is 0 Å². The maximum absolute atomic E-state index is 5.46. The Balaban J connectivity index is 2.00. The van der Waals surface area contributed by atoms with Crippen molar-refractivity contribution < 1.29 is 14.8 Å². The lowest BCUT2D eigenvalue weighted by Crippen LogP contribution is -2.83. The lowest BCUT2D eigenvalue weighted by atomic mass is 10.1. The van der Waals surface area contributed by atoms with Crippen LogP contribution in [0.3, 0.4) is 0 Å². The van der Waals surface area contributed by atoms with E-state index in [4.69, 9.17) is 15.9 Å². The van der Waals surface area contributed by atoms with Crippen molar-refractivity contribution in [2.24, 2.45) is 0 Å². The molecule has 0 aliphatic carbocycles. The fraction of sp³-hybridized carbons (Fsp3) is 0.263. The largest absolute Gasteiger partial charge is 0.493 e. The summed E-state index contributed by atoms with van der Waals surface area (Å²) in [5, 5.41) is 2.30. The third-order valence-corrected chi connectivity index (χ3v) is 3.57. The first-order chi connectivity index (χ1) is 10.7. The van der Waals surface area contributed by atoms with Gasteiger partial charge in [0, 0.05) is 11.1 Å². The van der Waals surface area contributed by atoms with Crippen molar-refractivity contribution in [2.75, 3.05) is 13.7 Å². The first-order valence-corrected chi connectivity index (χ1v) is 7.36. The summed E-state index contributed by atoms with van der Waals surface area (Å²) >= 11 is 0. The molecule has 0 bridgehead atoms. The Morgan fingerprint density at radius 2 is 1.91 bits per heavy atom. The van der Waals surface area contributed by atoms with Crippen LogP contribution in [0, 0.1) is 12.3 Å². The lowest BCUT2D eigenvalue weighted by molar-refractivity contribution is -0.707. The van der Waals surface area contributed by atoms with Crippen LogP contribution < -0.4 is 14.8 Å². The second-order valence-corrected chi connectivity index (χ2v) is 5.12. The Kier molecular flexibility index (Phi) is 5.88. The van der Waals surface area contributed by atoms with Crippen LogP contribution in [0.5, 0.6) is 11.5 Å². The van der Waals surface area contributed by atoms with Gasteiger partial charge >= 0.3 is 0 Å². The molecule has 0 heterocycles. The molecule has 0 aliphatic heterocycles. The van der Waals surface area contributed by atoms with Crippen molar-refractivity contribution in [1.29, 1.82) is 0 Å². The molecule has 0 saturated carbocycles. The van der Waals surface area contributed by atoms with Gasteiger partial charge in [-0.3, -0.25) is 0 Å². The average Bonchev–Trinajstić information content (AvgIpc) is 2.58. The van der Waals surface area contributed by atoms with Gasteiger partial charge in [0.2, 0.25) is 0 Å². The van der Waals surface area contributed by atoms with E-state index in [9.17, 15) is 0 Å². The van der Waals surface area contributed by atoms with Crippen LogP contribution in [0.25, 0.3) is 0 Å². The van der Waals surface area contributed by atoms with E-state index in [1.807, 2.05) is 24.3 Å². The minimum absolute atomic E-state index is 0.243. The van der Waals surface area contributed by atoms with Crippen molar-refractivity contribution >= 4 is 0 Å². The molecule has 2 rings (SSSR count). The standard InChI is InChI=1S/C19H21NO2/c1-4-12-22-18-11-10-16(13-19(18)21-3)14-20-15(2)17-8-6-5-7-9-17/h1,5-11,13,15,20H,12,14H2,2-3H3/p+1/t15-/m1/s1. The minimum Gasteiger partial charge on any atom is -0.493 e. The van der Waals surface area contributed by atoms with Gasteiger partial charge in [0.15, 0.2) is 11.5 Å². The molecule has 2 aromatic rings. The molecule has 3 heteroatoms.